The van der Waals surface area contributed by atoms with Gasteiger partial charge in [-0.05, 0) is 46.5 Å². The van der Waals surface area contributed by atoms with Crippen LogP contribution in [0.1, 0.15) is 111 Å². The van der Waals surface area contributed by atoms with Crippen molar-refractivity contribution >= 4 is 17.8 Å². The van der Waals surface area contributed by atoms with Crippen LogP contribution < -0.4 is 10.6 Å². The summed E-state index contributed by atoms with van der Waals surface area (Å²) in [6.45, 7) is 7.95. The van der Waals surface area contributed by atoms with E-state index < -0.39 is 90.8 Å². The Morgan fingerprint density at radius 3 is 1.82 bits per heavy atom. The number of amides is 1. The molecule has 0 aliphatic carbocycles. The summed E-state index contributed by atoms with van der Waals surface area (Å²) in [5.41, 5.74) is -0.417. The zero-order valence-electron chi connectivity index (χ0n) is 29.9. The van der Waals surface area contributed by atoms with Crippen LogP contribution in [0, 0.1) is 0 Å². The molecule has 2 aliphatic rings. The fourth-order valence-corrected chi connectivity index (χ4v) is 6.01. The molecule has 0 aromatic rings. The third-order valence-corrected chi connectivity index (χ3v) is 8.81. The summed E-state index contributed by atoms with van der Waals surface area (Å²) in [6.07, 6.45) is -6.27. The molecule has 2 saturated heterocycles. The predicted octanol–water partition coefficient (Wildman–Crippen LogP) is 0.776. The molecule has 0 aromatic carbocycles. The van der Waals surface area contributed by atoms with E-state index in [9.17, 15) is 50.1 Å². The Bertz CT molecular complexity index is 1010. The first-order valence-electron chi connectivity index (χ1n) is 18.1. The highest BCUT2D eigenvalue weighted by Crippen LogP contribution is 2.30. The lowest BCUT2D eigenvalue weighted by atomic mass is 9.96. The van der Waals surface area contributed by atoms with E-state index in [0.717, 1.165) is 25.7 Å². The van der Waals surface area contributed by atoms with Gasteiger partial charge in [-0.1, -0.05) is 64.7 Å². The smallest absolute Gasteiger partial charge is 0.335 e. The number of rotatable bonds is 23. The van der Waals surface area contributed by atoms with Gasteiger partial charge in [0.05, 0.1) is 0 Å². The van der Waals surface area contributed by atoms with Crippen molar-refractivity contribution in [2.24, 2.45) is 0 Å². The lowest BCUT2D eigenvalue weighted by Gasteiger charge is -2.45. The highest BCUT2D eigenvalue weighted by Gasteiger charge is 2.53. The number of carboxylic acids is 2. The third-order valence-electron chi connectivity index (χ3n) is 8.81. The molecule has 2 aliphatic heterocycles. The second-order valence-electron chi connectivity index (χ2n) is 14.4. The Morgan fingerprint density at radius 1 is 0.700 bits per heavy atom. The van der Waals surface area contributed by atoms with E-state index in [1.54, 1.807) is 0 Å². The molecule has 1 amide bonds. The Morgan fingerprint density at radius 2 is 1.26 bits per heavy atom. The molecule has 2 rings (SSSR count). The number of aliphatic hydroxyl groups is 5. The van der Waals surface area contributed by atoms with Gasteiger partial charge in [-0.2, -0.15) is 0 Å². The molecule has 11 atom stereocenters. The monoisotopic (exact) mass is 722 g/mol. The highest BCUT2D eigenvalue weighted by atomic mass is 16.7. The molecular formula is C34H62N2O14. The quantitative estimate of drug-likeness (QED) is 0.0661. The van der Waals surface area contributed by atoms with Crippen molar-refractivity contribution < 1.29 is 69.1 Å². The number of nitrogens with one attached hydrogen (secondary N) is 2. The predicted molar refractivity (Wildman–Crippen MR) is 179 cm³/mol. The van der Waals surface area contributed by atoms with E-state index in [2.05, 4.69) is 17.6 Å². The molecular weight excluding hydrogens is 660 g/mol. The SMILES string of the molecule is CCCCCCCCCCCCO[C@@H]1O[C@H](C(=O)O)[C@@H](O[C@@H]2O[C@H](C(=O)NCCCCC(NC(C)(C)C)C(=O)O)[C@@H](O)[C@H](O)[C@H]2O)[C@H](O)[C@H]1O. The van der Waals surface area contributed by atoms with Gasteiger partial charge in [0.25, 0.3) is 5.91 Å². The van der Waals surface area contributed by atoms with E-state index in [1.807, 2.05) is 20.8 Å². The molecule has 50 heavy (non-hydrogen) atoms. The highest BCUT2D eigenvalue weighted by molar-refractivity contribution is 5.81. The molecule has 16 heteroatoms. The van der Waals surface area contributed by atoms with E-state index in [4.69, 9.17) is 18.9 Å². The number of hydrogen-bond donors (Lipinski definition) is 9. The van der Waals surface area contributed by atoms with E-state index in [0.29, 0.717) is 25.7 Å². The van der Waals surface area contributed by atoms with Crippen molar-refractivity contribution in [3.8, 4) is 0 Å². The van der Waals surface area contributed by atoms with E-state index in [1.165, 1.54) is 32.1 Å². The Hall–Kier alpha value is -1.99. The van der Waals surface area contributed by atoms with Crippen molar-refractivity contribution in [1.82, 2.24) is 10.6 Å². The fraction of sp³-hybridized carbons (Fsp3) is 0.912. The Labute approximate surface area is 294 Å². The van der Waals surface area contributed by atoms with Gasteiger partial charge in [0.2, 0.25) is 0 Å². The largest absolute Gasteiger partial charge is 0.480 e. The summed E-state index contributed by atoms with van der Waals surface area (Å²) in [6, 6.07) is -0.789. The van der Waals surface area contributed by atoms with Gasteiger partial charge in [0, 0.05) is 18.7 Å². The summed E-state index contributed by atoms with van der Waals surface area (Å²) < 4.78 is 22.0. The standard InChI is InChI=1S/C34H62N2O14/c1-5-6-7-8-9-10-11-12-13-16-19-47-32-25(41)23(39)26(28(50-32)31(45)46)48-33-24(40)21(37)22(38)27(49-33)29(42)35-18-15-14-17-20(30(43)44)36-34(2,3)4/h20-28,32-33,36-41H,5-19H2,1-4H3,(H,35,42)(H,43,44)(H,45,46)/t20?,21-,22-,23+,24+,25+,26-,27-,28-,32+,33+/m0/s1. The molecule has 9 N–H and O–H groups in total. The molecule has 0 radical (unpaired) electrons. The normalized spacial score (nSPS) is 30.9. The topological polar surface area (TPSA) is 254 Å². The molecule has 0 spiro atoms. The second kappa shape index (κ2) is 22.2. The van der Waals surface area contributed by atoms with Crippen LogP contribution in [0.25, 0.3) is 0 Å². The summed E-state index contributed by atoms with van der Waals surface area (Å²) in [5, 5.41) is 77.9. The molecule has 0 aromatic heterocycles. The lowest BCUT2D eigenvalue weighted by Crippen LogP contribution is -2.66. The first kappa shape index (κ1) is 44.2. The molecule has 2 fully saturated rings. The number of ether oxygens (including phenoxy) is 4. The van der Waals surface area contributed by atoms with Gasteiger partial charge < -0.3 is 60.0 Å². The molecule has 292 valence electrons. The number of carboxylic acid groups (broad SMARTS) is 2. The van der Waals surface area contributed by atoms with Crippen molar-refractivity contribution in [3.05, 3.63) is 0 Å². The van der Waals surface area contributed by atoms with Gasteiger partial charge in [-0.3, -0.25) is 14.9 Å². The summed E-state index contributed by atoms with van der Waals surface area (Å²) in [5.74, 6) is -3.45. The van der Waals surface area contributed by atoms with Crippen LogP contribution >= 0.6 is 0 Å². The van der Waals surface area contributed by atoms with Crippen LogP contribution in [0.3, 0.4) is 0 Å². The fourth-order valence-electron chi connectivity index (χ4n) is 6.01. The molecule has 0 bridgehead atoms. The Balaban J connectivity index is 1.88. The van der Waals surface area contributed by atoms with Gasteiger partial charge in [0.15, 0.2) is 24.8 Å². The van der Waals surface area contributed by atoms with Gasteiger partial charge in [0.1, 0.15) is 42.7 Å². The van der Waals surface area contributed by atoms with E-state index >= 15 is 0 Å². The molecule has 16 nitrogen and oxygen atoms in total. The van der Waals surface area contributed by atoms with E-state index in [-0.39, 0.29) is 13.2 Å². The van der Waals surface area contributed by atoms with Crippen molar-refractivity contribution in [1.29, 1.82) is 0 Å². The van der Waals surface area contributed by atoms with Crippen LogP contribution in [-0.4, -0.2) is 140 Å². The minimum absolute atomic E-state index is 0.0699. The number of hydrogen-bond acceptors (Lipinski definition) is 13. The van der Waals surface area contributed by atoms with Gasteiger partial charge in [-0.15, -0.1) is 0 Å². The van der Waals surface area contributed by atoms with Gasteiger partial charge in [-0.25, -0.2) is 4.79 Å². The Kier molecular flexibility index (Phi) is 19.6. The number of carbonyl (C=O) groups excluding carboxylic acids is 1. The first-order valence-corrected chi connectivity index (χ1v) is 18.1. The van der Waals surface area contributed by atoms with Crippen molar-refractivity contribution in [2.45, 2.75) is 184 Å². The van der Waals surface area contributed by atoms with Crippen LogP contribution in [0.4, 0.5) is 0 Å². The first-order chi connectivity index (χ1) is 23.6. The maximum Gasteiger partial charge on any atom is 0.335 e. The van der Waals surface area contributed by atoms with Gasteiger partial charge >= 0.3 is 11.9 Å². The molecule has 2 heterocycles. The maximum atomic E-state index is 12.9. The summed E-state index contributed by atoms with van der Waals surface area (Å²) >= 11 is 0. The zero-order valence-corrected chi connectivity index (χ0v) is 29.9. The maximum absolute atomic E-state index is 12.9. The number of unbranched alkanes of at least 4 members (excludes halogenated alkanes) is 10. The third kappa shape index (κ3) is 14.6. The summed E-state index contributed by atoms with van der Waals surface area (Å²) in [7, 11) is 0. The number of aliphatic carboxylic acids is 2. The van der Waals surface area contributed by atoms with Crippen LogP contribution in [-0.2, 0) is 33.3 Å². The van der Waals surface area contributed by atoms with Crippen molar-refractivity contribution in [3.63, 3.8) is 0 Å². The van der Waals surface area contributed by atoms with Crippen molar-refractivity contribution in [2.75, 3.05) is 13.2 Å². The average molecular weight is 723 g/mol. The number of carbonyl (C=O) groups is 3. The average Bonchev–Trinajstić information content (AvgIpc) is 3.04. The number of aliphatic hydroxyl groups excluding tert-OH is 5. The van der Waals surface area contributed by atoms with Crippen LogP contribution in [0.2, 0.25) is 0 Å². The van der Waals surface area contributed by atoms with Crippen LogP contribution in [0.15, 0.2) is 0 Å². The second-order valence-corrected chi connectivity index (χ2v) is 14.4. The molecule has 0 saturated carbocycles. The van der Waals surface area contributed by atoms with Crippen LogP contribution in [0.5, 0.6) is 0 Å². The molecule has 1 unspecified atom stereocenters. The minimum Gasteiger partial charge on any atom is -0.480 e. The lowest BCUT2D eigenvalue weighted by molar-refractivity contribution is -0.349. The zero-order chi connectivity index (χ0) is 37.4. The minimum atomic E-state index is -1.97. The summed E-state index contributed by atoms with van der Waals surface area (Å²) in [4.78, 5) is 36.5.